The van der Waals surface area contributed by atoms with E-state index in [1.165, 1.54) is 0 Å². The molecule has 0 radical (unpaired) electrons. The lowest BCUT2D eigenvalue weighted by Gasteiger charge is -2.39. The second kappa shape index (κ2) is 13.1. The maximum Gasteiger partial charge on any atom is 0.250 e. The zero-order valence-electron chi connectivity index (χ0n) is 25.2. The number of nitrogens with one attached hydrogen (secondary N) is 2. The van der Waals surface area contributed by atoms with Crippen molar-refractivity contribution in [3.05, 3.63) is 65.5 Å². The molecule has 1 spiro atoms. The molecule has 1 fully saturated rings. The van der Waals surface area contributed by atoms with Gasteiger partial charge in [0.25, 0.3) is 0 Å². The van der Waals surface area contributed by atoms with Crippen LogP contribution < -0.4 is 10.6 Å². The summed E-state index contributed by atoms with van der Waals surface area (Å²) in [5.74, 6) is -0.151. The van der Waals surface area contributed by atoms with Gasteiger partial charge in [0.1, 0.15) is 11.2 Å². The second-order valence-electron chi connectivity index (χ2n) is 12.3. The summed E-state index contributed by atoms with van der Waals surface area (Å²) in [7, 11) is 1.99. The van der Waals surface area contributed by atoms with Crippen LogP contribution in [0.5, 0.6) is 0 Å². The zero-order valence-corrected chi connectivity index (χ0v) is 25.2. The first kappa shape index (κ1) is 29.8. The average Bonchev–Trinajstić information content (AvgIpc) is 3.29. The molecule has 1 aliphatic carbocycles. The van der Waals surface area contributed by atoms with E-state index in [9.17, 15) is 14.4 Å². The molecule has 9 heteroatoms. The minimum Gasteiger partial charge on any atom is -0.354 e. The molecule has 0 saturated carbocycles. The lowest BCUT2D eigenvalue weighted by atomic mass is 9.75. The Kier molecular flexibility index (Phi) is 9.26. The van der Waals surface area contributed by atoms with Gasteiger partial charge in [-0.25, -0.2) is 4.98 Å². The third kappa shape index (κ3) is 6.51. The lowest BCUT2D eigenvalue weighted by molar-refractivity contribution is -0.140. The van der Waals surface area contributed by atoms with Gasteiger partial charge in [-0.15, -0.1) is 0 Å². The van der Waals surface area contributed by atoms with Gasteiger partial charge in [0.05, 0.1) is 13.1 Å². The maximum absolute atomic E-state index is 13.8. The average molecular weight is 573 g/mol. The van der Waals surface area contributed by atoms with Gasteiger partial charge in [0, 0.05) is 44.5 Å². The highest BCUT2D eigenvalue weighted by atomic mass is 16.2. The van der Waals surface area contributed by atoms with Crippen LogP contribution in [0, 0.1) is 5.92 Å². The smallest absolute Gasteiger partial charge is 0.250 e. The van der Waals surface area contributed by atoms with Crippen LogP contribution in [0.1, 0.15) is 62.6 Å². The van der Waals surface area contributed by atoms with Gasteiger partial charge in [0.2, 0.25) is 17.7 Å². The molecular formula is C33H44N6O3. The largest absolute Gasteiger partial charge is 0.354 e. The molecule has 3 amide bonds. The highest BCUT2D eigenvalue weighted by Crippen LogP contribution is 2.36. The van der Waals surface area contributed by atoms with Crippen LogP contribution in [-0.2, 0) is 39.9 Å². The Bertz CT molecular complexity index is 1430. The Morgan fingerprint density at radius 1 is 1.02 bits per heavy atom. The highest BCUT2D eigenvalue weighted by Gasteiger charge is 2.44. The van der Waals surface area contributed by atoms with Gasteiger partial charge in [-0.2, -0.15) is 0 Å². The Hall–Kier alpha value is -3.72. The monoisotopic (exact) mass is 572 g/mol. The number of rotatable bonds is 5. The van der Waals surface area contributed by atoms with Crippen molar-refractivity contribution in [3.8, 4) is 0 Å². The predicted molar refractivity (Wildman–Crippen MR) is 163 cm³/mol. The fraction of sp³-hybridized carbons (Fsp3) is 0.515. The molecule has 2 aromatic heterocycles. The molecule has 3 aromatic rings. The van der Waals surface area contributed by atoms with Crippen molar-refractivity contribution in [1.29, 1.82) is 0 Å². The van der Waals surface area contributed by atoms with E-state index < -0.39 is 5.54 Å². The number of fused-ring (bicyclic) bond motifs is 3. The van der Waals surface area contributed by atoms with Gasteiger partial charge >= 0.3 is 0 Å². The number of aromatic nitrogens is 2. The summed E-state index contributed by atoms with van der Waals surface area (Å²) in [6.45, 7) is 6.70. The summed E-state index contributed by atoms with van der Waals surface area (Å²) in [4.78, 5) is 49.7. The standard InChI is InChI=1S/C33H44N6O3/c1-24(2)14-19-39-22-29(40)36-33(15-8-11-25-10-4-5-13-28(25)33)32(42)35-16-6-7-18-38(23-30(39)41)21-26-20-37(3)31-27(26)12-9-17-34-31/h4-5,9-10,12-13,17,20,24H,6-8,11,14-16,18-19,21-23H2,1-3H3,(H,35,42)(H,36,40). The van der Waals surface area contributed by atoms with E-state index in [0.717, 1.165) is 59.8 Å². The number of nitrogens with zero attached hydrogens (tertiary/aromatic N) is 4. The molecule has 0 bridgehead atoms. The highest BCUT2D eigenvalue weighted by molar-refractivity contribution is 5.94. The molecule has 1 saturated heterocycles. The van der Waals surface area contributed by atoms with E-state index in [-0.39, 0.29) is 30.8 Å². The number of aryl methyl sites for hydroxylation is 2. The third-order valence-electron chi connectivity index (χ3n) is 8.63. The number of hydrogen-bond donors (Lipinski definition) is 2. The fourth-order valence-corrected chi connectivity index (χ4v) is 6.39. The van der Waals surface area contributed by atoms with Crippen molar-refractivity contribution >= 4 is 28.8 Å². The van der Waals surface area contributed by atoms with Gasteiger partial charge in [-0.05, 0) is 79.8 Å². The van der Waals surface area contributed by atoms with Gasteiger partial charge in [-0.1, -0.05) is 38.1 Å². The molecule has 5 rings (SSSR count). The number of carbonyl (C=O) groups is 3. The van der Waals surface area contributed by atoms with Crippen molar-refractivity contribution in [3.63, 3.8) is 0 Å². The minimum atomic E-state index is -1.13. The molecule has 3 heterocycles. The first-order chi connectivity index (χ1) is 20.3. The van der Waals surface area contributed by atoms with Crippen LogP contribution in [0.15, 0.2) is 48.8 Å². The molecule has 1 atom stereocenters. The molecule has 1 aromatic carbocycles. The number of carbonyl (C=O) groups excluding carboxylic acids is 3. The molecule has 9 nitrogen and oxygen atoms in total. The SMILES string of the molecule is CC(C)CCN1CC(=O)NC2(CCCc3ccccc32)C(=O)NCCCCN(Cc2cn(C)c3ncccc23)CC1=O. The van der Waals surface area contributed by atoms with E-state index in [4.69, 9.17) is 0 Å². The molecule has 224 valence electrons. The van der Waals surface area contributed by atoms with Crippen LogP contribution in [0.2, 0.25) is 0 Å². The summed E-state index contributed by atoms with van der Waals surface area (Å²) in [5, 5.41) is 7.36. The molecule has 2 aliphatic rings. The van der Waals surface area contributed by atoms with Crippen molar-refractivity contribution in [1.82, 2.24) is 30.0 Å². The number of pyridine rings is 1. The Labute approximate surface area is 248 Å². The predicted octanol–water partition coefficient (Wildman–Crippen LogP) is 3.51. The van der Waals surface area contributed by atoms with Crippen LogP contribution in [0.25, 0.3) is 11.0 Å². The van der Waals surface area contributed by atoms with Crippen molar-refractivity contribution in [2.75, 3.05) is 32.7 Å². The fourth-order valence-electron chi connectivity index (χ4n) is 6.39. The molecule has 1 unspecified atom stereocenters. The molecule has 42 heavy (non-hydrogen) atoms. The first-order valence-corrected chi connectivity index (χ1v) is 15.3. The Balaban J connectivity index is 1.41. The quantitative estimate of drug-likeness (QED) is 0.488. The van der Waals surface area contributed by atoms with Gasteiger partial charge in [-0.3, -0.25) is 19.3 Å². The maximum atomic E-state index is 13.8. The summed E-state index contributed by atoms with van der Waals surface area (Å²) in [5.41, 5.74) is 2.86. The normalized spacial score (nSPS) is 21.3. The van der Waals surface area contributed by atoms with Gasteiger partial charge < -0.3 is 20.1 Å². The van der Waals surface area contributed by atoms with E-state index >= 15 is 0 Å². The van der Waals surface area contributed by atoms with E-state index in [1.807, 2.05) is 41.9 Å². The molecule has 1 aliphatic heterocycles. The van der Waals surface area contributed by atoms with E-state index in [1.54, 1.807) is 11.1 Å². The van der Waals surface area contributed by atoms with Crippen LogP contribution in [0.4, 0.5) is 0 Å². The number of hydrogen-bond acceptors (Lipinski definition) is 5. The third-order valence-corrected chi connectivity index (χ3v) is 8.63. The number of amides is 3. The topological polar surface area (TPSA) is 99.6 Å². The van der Waals surface area contributed by atoms with Crippen molar-refractivity contribution < 1.29 is 14.4 Å². The number of benzene rings is 1. The Morgan fingerprint density at radius 3 is 2.69 bits per heavy atom. The first-order valence-electron chi connectivity index (χ1n) is 15.3. The summed E-state index contributed by atoms with van der Waals surface area (Å²) in [6.07, 6.45) is 8.49. The lowest BCUT2D eigenvalue weighted by Crippen LogP contribution is -2.60. The van der Waals surface area contributed by atoms with Crippen molar-refractivity contribution in [2.45, 2.75) is 64.5 Å². The zero-order chi connectivity index (χ0) is 29.7. The van der Waals surface area contributed by atoms with Crippen molar-refractivity contribution in [2.24, 2.45) is 13.0 Å². The second-order valence-corrected chi connectivity index (χ2v) is 12.3. The Morgan fingerprint density at radius 2 is 1.86 bits per heavy atom. The van der Waals surface area contributed by atoms with Crippen LogP contribution in [-0.4, -0.2) is 69.8 Å². The molecule has 2 N–H and O–H groups in total. The van der Waals surface area contributed by atoms with E-state index in [2.05, 4.69) is 46.6 Å². The van der Waals surface area contributed by atoms with Crippen LogP contribution >= 0.6 is 0 Å². The molecular weight excluding hydrogens is 528 g/mol. The summed E-state index contributed by atoms with van der Waals surface area (Å²) < 4.78 is 2.02. The minimum absolute atomic E-state index is 0.0660. The summed E-state index contributed by atoms with van der Waals surface area (Å²) >= 11 is 0. The van der Waals surface area contributed by atoms with Gasteiger partial charge in [0.15, 0.2) is 0 Å². The van der Waals surface area contributed by atoms with E-state index in [0.29, 0.717) is 38.5 Å². The van der Waals surface area contributed by atoms with Crippen LogP contribution in [0.3, 0.4) is 0 Å². The summed E-state index contributed by atoms with van der Waals surface area (Å²) in [6, 6.07) is 11.9.